The van der Waals surface area contributed by atoms with Crippen molar-refractivity contribution in [2.75, 3.05) is 22.9 Å². The maximum absolute atomic E-state index is 13.6. The monoisotopic (exact) mass is 538 g/mol. The zero-order valence-corrected chi connectivity index (χ0v) is 23.3. The molecule has 1 fully saturated rings. The van der Waals surface area contributed by atoms with Crippen molar-refractivity contribution in [2.45, 2.75) is 45.6 Å². The van der Waals surface area contributed by atoms with Gasteiger partial charge < -0.3 is 15.5 Å². The molecule has 0 spiro atoms. The molecular formula is C32H34N4O2S. The first-order chi connectivity index (χ1) is 19.0. The lowest BCUT2D eigenvalue weighted by Gasteiger charge is -2.40. The van der Waals surface area contributed by atoms with Crippen LogP contribution in [0, 0.1) is 0 Å². The van der Waals surface area contributed by atoms with Gasteiger partial charge in [0.25, 0.3) is 11.8 Å². The fraction of sp³-hybridized carbons (Fsp3) is 0.281. The molecule has 0 bridgehead atoms. The second kappa shape index (κ2) is 12.3. The van der Waals surface area contributed by atoms with Crippen molar-refractivity contribution in [3.8, 4) is 0 Å². The Morgan fingerprint density at radius 2 is 1.62 bits per heavy atom. The van der Waals surface area contributed by atoms with Crippen LogP contribution in [0.25, 0.3) is 0 Å². The summed E-state index contributed by atoms with van der Waals surface area (Å²) < 4.78 is 0. The van der Waals surface area contributed by atoms with Gasteiger partial charge >= 0.3 is 0 Å². The van der Waals surface area contributed by atoms with Crippen molar-refractivity contribution in [1.82, 2.24) is 4.90 Å². The number of anilines is 2. The summed E-state index contributed by atoms with van der Waals surface area (Å²) in [4.78, 5) is 33.5. The minimum Gasteiger partial charge on any atom is -0.340 e. The molecule has 200 valence electrons. The van der Waals surface area contributed by atoms with Gasteiger partial charge in [-0.3, -0.25) is 9.59 Å². The summed E-state index contributed by atoms with van der Waals surface area (Å²) in [5.74, 6) is 0.732. The fourth-order valence-corrected chi connectivity index (χ4v) is 6.00. The predicted octanol–water partition coefficient (Wildman–Crippen LogP) is 7.04. The van der Waals surface area contributed by atoms with E-state index in [2.05, 4.69) is 22.5 Å². The molecule has 6 nitrogen and oxygen atoms in total. The van der Waals surface area contributed by atoms with Gasteiger partial charge in [-0.15, -0.1) is 0 Å². The highest BCUT2D eigenvalue weighted by atomic mass is 32.2. The Morgan fingerprint density at radius 3 is 2.33 bits per heavy atom. The summed E-state index contributed by atoms with van der Waals surface area (Å²) in [5.41, 5.74) is 5.71. The number of allylic oxidation sites excluding steroid dienone is 1. The molecule has 2 amide bonds. The second-order valence-corrected chi connectivity index (χ2v) is 11.0. The molecule has 5 rings (SSSR count). The Morgan fingerprint density at radius 1 is 0.923 bits per heavy atom. The van der Waals surface area contributed by atoms with Crippen LogP contribution in [0.5, 0.6) is 0 Å². The number of hydrogen-bond acceptors (Lipinski definition) is 5. The number of carbonyl (C=O) groups excluding carboxylic acids is 2. The lowest BCUT2D eigenvalue weighted by atomic mass is 9.93. The molecule has 3 aromatic carbocycles. The highest BCUT2D eigenvalue weighted by molar-refractivity contribution is 8.13. The number of carbonyl (C=O) groups is 2. The van der Waals surface area contributed by atoms with Gasteiger partial charge in [0.2, 0.25) is 0 Å². The summed E-state index contributed by atoms with van der Waals surface area (Å²) in [7, 11) is 0. The zero-order valence-electron chi connectivity index (χ0n) is 22.4. The summed E-state index contributed by atoms with van der Waals surface area (Å²) in [6.07, 6.45) is 4.35. The van der Waals surface area contributed by atoms with Crippen LogP contribution in [0.1, 0.15) is 60.6 Å². The lowest BCUT2D eigenvalue weighted by Crippen LogP contribution is -2.43. The van der Waals surface area contributed by atoms with Crippen molar-refractivity contribution >= 4 is 40.1 Å². The number of fused-ring (bicyclic) bond motifs is 1. The van der Waals surface area contributed by atoms with Gasteiger partial charge in [0.05, 0.1) is 17.3 Å². The average molecular weight is 539 g/mol. The third kappa shape index (κ3) is 6.25. The highest BCUT2D eigenvalue weighted by Gasteiger charge is 2.37. The van der Waals surface area contributed by atoms with Crippen molar-refractivity contribution < 1.29 is 9.59 Å². The number of thioether (sulfide) groups is 1. The van der Waals surface area contributed by atoms with E-state index in [4.69, 9.17) is 4.99 Å². The maximum Gasteiger partial charge on any atom is 0.255 e. The molecule has 2 aliphatic rings. The van der Waals surface area contributed by atoms with Crippen molar-refractivity contribution in [2.24, 2.45) is 4.99 Å². The Kier molecular flexibility index (Phi) is 8.47. The summed E-state index contributed by atoms with van der Waals surface area (Å²) in [6, 6.07) is 24.9. The zero-order chi connectivity index (χ0) is 27.2. The number of amides is 2. The van der Waals surface area contributed by atoms with Crippen LogP contribution in [0.4, 0.5) is 11.4 Å². The molecule has 0 radical (unpaired) electrons. The Hall–Kier alpha value is -3.84. The molecule has 39 heavy (non-hydrogen) atoms. The Labute approximate surface area is 234 Å². The van der Waals surface area contributed by atoms with Crippen LogP contribution < -0.4 is 10.6 Å². The van der Waals surface area contributed by atoms with Gasteiger partial charge in [0.15, 0.2) is 5.17 Å². The van der Waals surface area contributed by atoms with Gasteiger partial charge in [-0.25, -0.2) is 4.99 Å². The number of hydrogen-bond donors (Lipinski definition) is 2. The minimum absolute atomic E-state index is 0.136. The van der Waals surface area contributed by atoms with Gasteiger partial charge in [-0.05, 0) is 73.7 Å². The summed E-state index contributed by atoms with van der Waals surface area (Å²) in [5, 5.41) is 7.02. The molecular weight excluding hydrogens is 504 g/mol. The van der Waals surface area contributed by atoms with Gasteiger partial charge in [0.1, 0.15) is 0 Å². The molecule has 0 aliphatic carbocycles. The van der Waals surface area contributed by atoms with E-state index < -0.39 is 0 Å². The molecule has 3 aromatic rings. The Balaban J connectivity index is 1.36. The number of rotatable bonds is 8. The largest absolute Gasteiger partial charge is 0.340 e. The smallest absolute Gasteiger partial charge is 0.255 e. The van der Waals surface area contributed by atoms with Crippen LogP contribution in [0.15, 0.2) is 95.1 Å². The van der Waals surface area contributed by atoms with Crippen LogP contribution in [-0.4, -0.2) is 34.2 Å². The molecule has 7 heteroatoms. The highest BCUT2D eigenvalue weighted by Crippen LogP contribution is 2.40. The van der Waals surface area contributed by atoms with E-state index in [9.17, 15) is 9.59 Å². The summed E-state index contributed by atoms with van der Waals surface area (Å²) in [6.45, 7) is 4.92. The number of nitrogens with one attached hydrogen (secondary N) is 2. The van der Waals surface area contributed by atoms with E-state index >= 15 is 0 Å². The number of amidine groups is 1. The van der Waals surface area contributed by atoms with E-state index in [1.54, 1.807) is 11.8 Å². The van der Waals surface area contributed by atoms with E-state index in [1.807, 2.05) is 85.8 Å². The first-order valence-corrected chi connectivity index (χ1v) is 14.6. The van der Waals surface area contributed by atoms with Crippen LogP contribution in [0.3, 0.4) is 0 Å². The van der Waals surface area contributed by atoms with Gasteiger partial charge in [-0.2, -0.15) is 0 Å². The lowest BCUT2D eigenvalue weighted by molar-refractivity contribution is -0.113. The molecule has 1 saturated heterocycles. The first kappa shape index (κ1) is 26.8. The molecule has 2 N–H and O–H groups in total. The van der Waals surface area contributed by atoms with E-state index in [-0.39, 0.29) is 17.9 Å². The van der Waals surface area contributed by atoms with Crippen LogP contribution >= 0.6 is 11.8 Å². The van der Waals surface area contributed by atoms with E-state index in [0.29, 0.717) is 16.8 Å². The van der Waals surface area contributed by atoms with Crippen molar-refractivity contribution in [3.63, 3.8) is 0 Å². The SMILES string of the molecule is CCCCc1ccc(C(=O)Nc2ccc(C3C(C(=O)Nc4ccccc4)=C(C)N=C4SCCCN43)cc2)cc1. The van der Waals surface area contributed by atoms with Crippen molar-refractivity contribution in [3.05, 3.63) is 107 Å². The number of para-hydroxylation sites is 1. The third-order valence-corrected chi connectivity index (χ3v) is 8.13. The molecule has 1 atom stereocenters. The van der Waals surface area contributed by atoms with E-state index in [0.717, 1.165) is 60.1 Å². The van der Waals surface area contributed by atoms with Gasteiger partial charge in [-0.1, -0.05) is 67.6 Å². The predicted molar refractivity (Wildman–Crippen MR) is 161 cm³/mol. The number of aliphatic imine (C=N–C) groups is 1. The number of unbranched alkanes of at least 4 members (excludes halogenated alkanes) is 1. The molecule has 0 aromatic heterocycles. The Bertz CT molecular complexity index is 1380. The standard InChI is InChI=1S/C32H34N4O2S/c1-3-4-9-23-12-14-25(15-13-23)30(37)34-27-18-16-24(17-19-27)29-28(31(38)35-26-10-6-5-7-11-26)22(2)33-32-36(29)20-8-21-39-32/h5-7,10-19,29H,3-4,8-9,20-21H2,1-2H3,(H,34,37)(H,35,38). The molecule has 1 unspecified atom stereocenters. The number of nitrogens with zero attached hydrogens (tertiary/aromatic N) is 2. The third-order valence-electron chi connectivity index (χ3n) is 7.05. The normalized spacial score (nSPS) is 16.8. The number of benzene rings is 3. The average Bonchev–Trinajstić information content (AvgIpc) is 2.96. The van der Waals surface area contributed by atoms with Gasteiger partial charge in [0, 0.05) is 29.2 Å². The molecule has 2 heterocycles. The second-order valence-electron chi connectivity index (χ2n) is 9.89. The van der Waals surface area contributed by atoms with Crippen LogP contribution in [0.2, 0.25) is 0 Å². The first-order valence-electron chi connectivity index (χ1n) is 13.6. The molecule has 0 saturated carbocycles. The fourth-order valence-electron chi connectivity index (χ4n) is 4.98. The molecule has 2 aliphatic heterocycles. The minimum atomic E-state index is -0.255. The topological polar surface area (TPSA) is 73.8 Å². The number of aryl methyl sites for hydroxylation is 1. The summed E-state index contributed by atoms with van der Waals surface area (Å²) >= 11 is 1.73. The quantitative estimate of drug-likeness (QED) is 0.322. The van der Waals surface area contributed by atoms with Crippen molar-refractivity contribution in [1.29, 1.82) is 0 Å². The van der Waals surface area contributed by atoms with Crippen LogP contribution in [-0.2, 0) is 11.2 Å². The maximum atomic E-state index is 13.6. The van der Waals surface area contributed by atoms with E-state index in [1.165, 1.54) is 5.56 Å².